The zero-order valence-corrected chi connectivity index (χ0v) is 8.77. The van der Waals surface area contributed by atoms with Gasteiger partial charge in [0.15, 0.2) is 5.82 Å². The Kier molecular flexibility index (Phi) is 2.37. The summed E-state index contributed by atoms with van der Waals surface area (Å²) in [6.45, 7) is 1.97. The van der Waals surface area contributed by atoms with Crippen LogP contribution >= 0.6 is 0 Å². The number of carbonyl (C=O) groups is 1. The van der Waals surface area contributed by atoms with Gasteiger partial charge in [-0.05, 0) is 13.0 Å². The number of aromatic nitrogens is 2. The van der Waals surface area contributed by atoms with Crippen molar-refractivity contribution in [1.29, 1.82) is 0 Å². The van der Waals surface area contributed by atoms with Gasteiger partial charge in [-0.1, -0.05) is 23.8 Å². The number of hydrogen-bond donors (Lipinski definition) is 0. The summed E-state index contributed by atoms with van der Waals surface area (Å²) in [6.07, 6.45) is 3.39. The lowest BCUT2D eigenvalue weighted by atomic mass is 10.1. The van der Waals surface area contributed by atoms with Crippen LogP contribution in [0, 0.1) is 6.92 Å². The Morgan fingerprint density at radius 3 is 2.80 bits per heavy atom. The number of aryl methyl sites for hydroxylation is 2. The molecule has 1 aromatic heterocycles. The third kappa shape index (κ3) is 1.81. The molecule has 1 heterocycles. The average Bonchev–Trinajstić information content (AvgIpc) is 2.63. The molecule has 0 bridgehead atoms. The molecule has 3 nitrogen and oxygen atoms in total. The molecule has 0 saturated heterocycles. The molecule has 3 heteroatoms. The first-order valence-electron chi connectivity index (χ1n) is 4.77. The topological polar surface area (TPSA) is 34.9 Å². The molecule has 0 aliphatic rings. The maximum absolute atomic E-state index is 12.0. The second-order valence-corrected chi connectivity index (χ2v) is 3.56. The van der Waals surface area contributed by atoms with Gasteiger partial charge in [0, 0.05) is 25.0 Å². The lowest BCUT2D eigenvalue weighted by molar-refractivity contribution is 0.102. The summed E-state index contributed by atoms with van der Waals surface area (Å²) in [5.74, 6) is 0.437. The van der Waals surface area contributed by atoms with E-state index in [2.05, 4.69) is 4.98 Å². The highest BCUT2D eigenvalue weighted by molar-refractivity contribution is 6.06. The molecule has 2 aromatic rings. The van der Waals surface area contributed by atoms with Crippen LogP contribution in [0.15, 0.2) is 36.7 Å². The molecule has 0 fully saturated rings. The van der Waals surface area contributed by atoms with E-state index in [1.165, 1.54) is 0 Å². The van der Waals surface area contributed by atoms with E-state index in [1.54, 1.807) is 17.0 Å². The first-order valence-corrected chi connectivity index (χ1v) is 4.77. The molecule has 0 saturated carbocycles. The van der Waals surface area contributed by atoms with Crippen LogP contribution < -0.4 is 0 Å². The quantitative estimate of drug-likeness (QED) is 0.694. The van der Waals surface area contributed by atoms with Crippen LogP contribution in [0.2, 0.25) is 0 Å². The van der Waals surface area contributed by atoms with Gasteiger partial charge in [0.05, 0.1) is 0 Å². The molecule has 0 unspecified atom stereocenters. The van der Waals surface area contributed by atoms with E-state index in [1.807, 2.05) is 38.2 Å². The van der Waals surface area contributed by atoms with E-state index in [9.17, 15) is 4.79 Å². The van der Waals surface area contributed by atoms with Crippen LogP contribution in [0.25, 0.3) is 0 Å². The lowest BCUT2D eigenvalue weighted by Crippen LogP contribution is -2.08. The molecular formula is C12H12N2O. The monoisotopic (exact) mass is 200 g/mol. The van der Waals surface area contributed by atoms with Crippen molar-refractivity contribution in [2.75, 3.05) is 0 Å². The molecule has 0 aliphatic carbocycles. The van der Waals surface area contributed by atoms with Crippen LogP contribution in [-0.4, -0.2) is 15.3 Å². The number of rotatable bonds is 2. The van der Waals surface area contributed by atoms with E-state index in [0.717, 1.165) is 5.56 Å². The van der Waals surface area contributed by atoms with Crippen molar-refractivity contribution in [2.24, 2.45) is 7.05 Å². The van der Waals surface area contributed by atoms with E-state index in [0.29, 0.717) is 11.4 Å². The standard InChI is InChI=1S/C12H12N2O/c1-9-4-3-5-10(8-9)11(15)12-13-6-7-14(12)2/h3-8H,1-2H3. The Labute approximate surface area is 88.4 Å². The van der Waals surface area contributed by atoms with Crippen LogP contribution in [0.1, 0.15) is 21.7 Å². The molecule has 0 amide bonds. The van der Waals surface area contributed by atoms with Crippen molar-refractivity contribution in [3.63, 3.8) is 0 Å². The van der Waals surface area contributed by atoms with Gasteiger partial charge < -0.3 is 4.57 Å². The second-order valence-electron chi connectivity index (χ2n) is 3.56. The molecule has 0 radical (unpaired) electrons. The normalized spacial score (nSPS) is 10.3. The fourth-order valence-corrected chi connectivity index (χ4v) is 1.50. The highest BCUT2D eigenvalue weighted by Crippen LogP contribution is 2.09. The summed E-state index contributed by atoms with van der Waals surface area (Å²) in [5, 5.41) is 0. The van der Waals surface area contributed by atoms with E-state index in [-0.39, 0.29) is 5.78 Å². The Morgan fingerprint density at radius 1 is 1.40 bits per heavy atom. The Morgan fingerprint density at radius 2 is 2.20 bits per heavy atom. The average molecular weight is 200 g/mol. The molecular weight excluding hydrogens is 188 g/mol. The highest BCUT2D eigenvalue weighted by Gasteiger charge is 2.12. The summed E-state index contributed by atoms with van der Waals surface area (Å²) in [6, 6.07) is 7.53. The fourth-order valence-electron chi connectivity index (χ4n) is 1.50. The van der Waals surface area contributed by atoms with Crippen LogP contribution in [0.3, 0.4) is 0 Å². The van der Waals surface area contributed by atoms with Crippen molar-refractivity contribution in [3.05, 3.63) is 53.6 Å². The van der Waals surface area contributed by atoms with Crippen molar-refractivity contribution in [1.82, 2.24) is 9.55 Å². The van der Waals surface area contributed by atoms with Gasteiger partial charge in [0.2, 0.25) is 5.78 Å². The first kappa shape index (κ1) is 9.65. The number of nitrogens with zero attached hydrogens (tertiary/aromatic N) is 2. The maximum Gasteiger partial charge on any atom is 0.228 e. The van der Waals surface area contributed by atoms with Gasteiger partial charge in [0.1, 0.15) is 0 Å². The number of benzene rings is 1. The van der Waals surface area contributed by atoms with Gasteiger partial charge in [-0.2, -0.15) is 0 Å². The minimum atomic E-state index is -0.0359. The predicted molar refractivity (Wildman–Crippen MR) is 57.8 cm³/mol. The third-order valence-corrected chi connectivity index (χ3v) is 2.30. The molecule has 0 atom stereocenters. The minimum Gasteiger partial charge on any atom is -0.331 e. The van der Waals surface area contributed by atoms with E-state index >= 15 is 0 Å². The molecule has 0 N–H and O–H groups in total. The van der Waals surface area contributed by atoms with E-state index < -0.39 is 0 Å². The minimum absolute atomic E-state index is 0.0359. The van der Waals surface area contributed by atoms with Crippen LogP contribution in [0.4, 0.5) is 0 Å². The second kappa shape index (κ2) is 3.69. The summed E-state index contributed by atoms with van der Waals surface area (Å²) in [4.78, 5) is 16.0. The molecule has 2 rings (SSSR count). The number of imidazole rings is 1. The first-order chi connectivity index (χ1) is 7.18. The summed E-state index contributed by atoms with van der Waals surface area (Å²) in [7, 11) is 1.82. The SMILES string of the molecule is Cc1cccc(C(=O)c2nccn2C)c1. The van der Waals surface area contributed by atoms with Gasteiger partial charge >= 0.3 is 0 Å². The summed E-state index contributed by atoms with van der Waals surface area (Å²) in [5.41, 5.74) is 1.76. The zero-order chi connectivity index (χ0) is 10.8. The van der Waals surface area contributed by atoms with Gasteiger partial charge in [-0.25, -0.2) is 4.98 Å². The van der Waals surface area contributed by atoms with Crippen molar-refractivity contribution >= 4 is 5.78 Å². The molecule has 0 spiro atoms. The van der Waals surface area contributed by atoms with Gasteiger partial charge in [0.25, 0.3) is 0 Å². The Balaban J connectivity index is 2.41. The maximum atomic E-state index is 12.0. The summed E-state index contributed by atoms with van der Waals surface area (Å²) < 4.78 is 1.73. The number of ketones is 1. The van der Waals surface area contributed by atoms with Crippen LogP contribution in [0.5, 0.6) is 0 Å². The fraction of sp³-hybridized carbons (Fsp3) is 0.167. The molecule has 0 aliphatic heterocycles. The van der Waals surface area contributed by atoms with Gasteiger partial charge in [-0.15, -0.1) is 0 Å². The zero-order valence-electron chi connectivity index (χ0n) is 8.77. The van der Waals surface area contributed by atoms with Crippen LogP contribution in [-0.2, 0) is 7.05 Å². The highest BCUT2D eigenvalue weighted by atomic mass is 16.1. The van der Waals surface area contributed by atoms with Crippen molar-refractivity contribution < 1.29 is 4.79 Å². The molecule has 15 heavy (non-hydrogen) atoms. The van der Waals surface area contributed by atoms with E-state index in [4.69, 9.17) is 0 Å². The summed E-state index contributed by atoms with van der Waals surface area (Å²) >= 11 is 0. The lowest BCUT2D eigenvalue weighted by Gasteiger charge is -2.01. The number of hydrogen-bond acceptors (Lipinski definition) is 2. The van der Waals surface area contributed by atoms with Gasteiger partial charge in [-0.3, -0.25) is 4.79 Å². The Bertz CT molecular complexity index is 500. The largest absolute Gasteiger partial charge is 0.331 e. The Hall–Kier alpha value is -1.90. The van der Waals surface area contributed by atoms with Crippen molar-refractivity contribution in [3.8, 4) is 0 Å². The third-order valence-electron chi connectivity index (χ3n) is 2.30. The van der Waals surface area contributed by atoms with Crippen molar-refractivity contribution in [2.45, 2.75) is 6.92 Å². The smallest absolute Gasteiger partial charge is 0.228 e. The number of carbonyl (C=O) groups excluding carboxylic acids is 1. The molecule has 76 valence electrons. The molecule has 1 aromatic carbocycles. The predicted octanol–water partition coefficient (Wildman–Crippen LogP) is 1.96.